The first-order valence-electron chi connectivity index (χ1n) is 7.11. The van der Waals surface area contributed by atoms with Crippen LogP contribution < -0.4 is 0 Å². The summed E-state index contributed by atoms with van der Waals surface area (Å²) in [5.41, 5.74) is -1.88. The highest BCUT2D eigenvalue weighted by Crippen LogP contribution is 2.60. The molecule has 2 N–H and O–H groups in total. The van der Waals surface area contributed by atoms with Crippen molar-refractivity contribution in [2.75, 3.05) is 7.11 Å². The Morgan fingerprint density at radius 1 is 1.38 bits per heavy atom. The predicted molar refractivity (Wildman–Crippen MR) is 77.5 cm³/mol. The molecule has 4 atom stereocenters. The Morgan fingerprint density at radius 3 is 2.57 bits per heavy atom. The summed E-state index contributed by atoms with van der Waals surface area (Å²) in [7, 11) is 1.32. The van der Waals surface area contributed by atoms with Crippen LogP contribution in [0.15, 0.2) is 23.8 Å². The molecule has 0 unspecified atom stereocenters. The summed E-state index contributed by atoms with van der Waals surface area (Å²) in [6.45, 7) is 7.38. The Bertz CT molecular complexity index is 500. The second kappa shape index (κ2) is 4.93. The molecule has 1 heterocycles. The highest BCUT2D eigenvalue weighted by Gasteiger charge is 2.74. The van der Waals surface area contributed by atoms with E-state index in [1.54, 1.807) is 19.1 Å². The van der Waals surface area contributed by atoms with Gasteiger partial charge in [-0.15, -0.1) is 0 Å². The number of aliphatic hydroxyl groups is 2. The number of esters is 1. The number of ether oxygens (including phenoxy) is 2. The summed E-state index contributed by atoms with van der Waals surface area (Å²) < 4.78 is 10.2. The van der Waals surface area contributed by atoms with Gasteiger partial charge < -0.3 is 19.7 Å². The third-order valence-corrected chi connectivity index (χ3v) is 4.85. The maximum absolute atomic E-state index is 11.2. The monoisotopic (exact) mass is 296 g/mol. The zero-order valence-electron chi connectivity index (χ0n) is 13.2. The molecule has 0 aromatic rings. The Morgan fingerprint density at radius 2 is 2.00 bits per heavy atom. The van der Waals surface area contributed by atoms with Crippen LogP contribution in [0, 0.1) is 5.41 Å². The van der Waals surface area contributed by atoms with E-state index in [1.165, 1.54) is 13.2 Å². The number of methoxy groups -OCH3 is 1. The summed E-state index contributed by atoms with van der Waals surface area (Å²) in [4.78, 5) is 11.2. The molecule has 0 aromatic carbocycles. The quantitative estimate of drug-likeness (QED) is 0.355. The van der Waals surface area contributed by atoms with Gasteiger partial charge in [-0.05, 0) is 31.9 Å². The average Bonchev–Trinajstić information content (AvgIpc) is 3.08. The molecule has 0 bridgehead atoms. The lowest BCUT2D eigenvalue weighted by Crippen LogP contribution is -2.60. The molecule has 2 aliphatic rings. The summed E-state index contributed by atoms with van der Waals surface area (Å²) in [6.07, 6.45) is 4.27. The molecule has 5 heteroatoms. The van der Waals surface area contributed by atoms with Crippen LogP contribution in [0.25, 0.3) is 0 Å². The zero-order valence-corrected chi connectivity index (χ0v) is 13.2. The summed E-state index contributed by atoms with van der Waals surface area (Å²) >= 11 is 0. The minimum Gasteiger partial charge on any atom is -0.466 e. The van der Waals surface area contributed by atoms with E-state index in [2.05, 4.69) is 4.74 Å². The van der Waals surface area contributed by atoms with Gasteiger partial charge in [-0.2, -0.15) is 0 Å². The third-order valence-electron chi connectivity index (χ3n) is 4.85. The number of fused-ring (bicyclic) bond motifs is 1. The highest BCUT2D eigenvalue weighted by molar-refractivity contribution is 5.83. The van der Waals surface area contributed by atoms with Crippen LogP contribution in [0.1, 0.15) is 34.1 Å². The van der Waals surface area contributed by atoms with Gasteiger partial charge in [0.1, 0.15) is 17.3 Å². The minimum atomic E-state index is -1.21. The van der Waals surface area contributed by atoms with E-state index < -0.39 is 28.7 Å². The molecule has 2 fully saturated rings. The number of rotatable bonds is 3. The number of hydrogen-bond acceptors (Lipinski definition) is 5. The molecule has 21 heavy (non-hydrogen) atoms. The van der Waals surface area contributed by atoms with Crippen molar-refractivity contribution >= 4 is 5.97 Å². The van der Waals surface area contributed by atoms with Crippen molar-refractivity contribution in [1.29, 1.82) is 0 Å². The van der Waals surface area contributed by atoms with Crippen molar-refractivity contribution in [3.8, 4) is 0 Å². The van der Waals surface area contributed by atoms with Crippen molar-refractivity contribution in [1.82, 2.24) is 0 Å². The van der Waals surface area contributed by atoms with Crippen LogP contribution in [0.5, 0.6) is 0 Å². The summed E-state index contributed by atoms with van der Waals surface area (Å²) in [5, 5.41) is 21.2. The lowest BCUT2D eigenvalue weighted by molar-refractivity contribution is -0.134. The lowest BCUT2D eigenvalue weighted by atomic mass is 9.59. The van der Waals surface area contributed by atoms with Gasteiger partial charge in [0.2, 0.25) is 0 Å². The van der Waals surface area contributed by atoms with E-state index in [9.17, 15) is 15.0 Å². The topological polar surface area (TPSA) is 79.3 Å². The first-order valence-corrected chi connectivity index (χ1v) is 7.11. The van der Waals surface area contributed by atoms with Crippen LogP contribution in [0.2, 0.25) is 0 Å². The van der Waals surface area contributed by atoms with Crippen LogP contribution in [-0.4, -0.2) is 46.7 Å². The first kappa shape index (κ1) is 16.2. The summed E-state index contributed by atoms with van der Waals surface area (Å²) in [5.74, 6) is -0.436. The predicted octanol–water partition coefficient (Wildman–Crippen LogP) is 1.34. The van der Waals surface area contributed by atoms with Crippen molar-refractivity contribution in [2.45, 2.75) is 57.5 Å². The van der Waals surface area contributed by atoms with Crippen molar-refractivity contribution < 1.29 is 24.5 Å². The van der Waals surface area contributed by atoms with Gasteiger partial charge in [0.05, 0.1) is 13.2 Å². The van der Waals surface area contributed by atoms with E-state index in [4.69, 9.17) is 4.74 Å². The number of allylic oxidation sites excluding steroid dienone is 2. The standard InChI is InChI=1S/C16H24O5/c1-10(8-12(18)20-5)6-7-16(19)14(2,3)9-11(17)13-15(16,4)21-13/h6-8,11,13,17,19H,9H2,1-5H3/b7-6+,10-8-/t11-,13+,15+,16-/m1/s1. The zero-order chi connectivity index (χ0) is 16.1. The number of carbonyl (C=O) groups excluding carboxylic acids is 1. The molecule has 1 aliphatic heterocycles. The minimum absolute atomic E-state index is 0.343. The number of carbonyl (C=O) groups is 1. The molecule has 1 saturated carbocycles. The molecular formula is C16H24O5. The molecule has 0 radical (unpaired) electrons. The van der Waals surface area contributed by atoms with Gasteiger partial charge in [0.25, 0.3) is 0 Å². The Balaban J connectivity index is 2.28. The fraction of sp³-hybridized carbons (Fsp3) is 0.688. The molecule has 1 saturated heterocycles. The highest BCUT2D eigenvalue weighted by atomic mass is 16.6. The van der Waals surface area contributed by atoms with Gasteiger partial charge in [-0.3, -0.25) is 0 Å². The molecule has 0 amide bonds. The average molecular weight is 296 g/mol. The maximum Gasteiger partial charge on any atom is 0.330 e. The molecule has 2 rings (SSSR count). The van der Waals surface area contributed by atoms with Gasteiger partial charge in [-0.25, -0.2) is 4.79 Å². The smallest absolute Gasteiger partial charge is 0.330 e. The van der Waals surface area contributed by atoms with Gasteiger partial charge in [0.15, 0.2) is 0 Å². The van der Waals surface area contributed by atoms with Crippen LogP contribution in [0.4, 0.5) is 0 Å². The fourth-order valence-electron chi connectivity index (χ4n) is 3.38. The SMILES string of the molecule is COC(=O)/C=C(C)\C=C\[C@@]1(O)C(C)(C)C[C@@H](O)[C@@H]2O[C@@]21C. The second-order valence-corrected chi connectivity index (χ2v) is 6.81. The third kappa shape index (κ3) is 2.43. The molecule has 5 nitrogen and oxygen atoms in total. The van der Waals surface area contributed by atoms with Crippen LogP contribution in [-0.2, 0) is 14.3 Å². The Labute approximate surface area is 125 Å². The number of epoxide rings is 1. The largest absolute Gasteiger partial charge is 0.466 e. The molecule has 118 valence electrons. The molecule has 1 aliphatic carbocycles. The van der Waals surface area contributed by atoms with Gasteiger partial charge in [0, 0.05) is 11.5 Å². The van der Waals surface area contributed by atoms with E-state index in [0.717, 1.165) is 0 Å². The molecular weight excluding hydrogens is 272 g/mol. The van der Waals surface area contributed by atoms with Gasteiger partial charge in [-0.1, -0.05) is 19.9 Å². The fourth-order valence-corrected chi connectivity index (χ4v) is 3.38. The number of aliphatic hydroxyl groups excluding tert-OH is 1. The Kier molecular flexibility index (Phi) is 3.81. The van der Waals surface area contributed by atoms with Crippen LogP contribution in [0.3, 0.4) is 0 Å². The van der Waals surface area contributed by atoms with E-state index >= 15 is 0 Å². The normalized spacial score (nSPS) is 41.8. The van der Waals surface area contributed by atoms with Crippen molar-refractivity contribution in [3.63, 3.8) is 0 Å². The van der Waals surface area contributed by atoms with Crippen molar-refractivity contribution in [2.24, 2.45) is 5.41 Å². The molecule has 0 aromatic heterocycles. The van der Waals surface area contributed by atoms with E-state index in [-0.39, 0.29) is 6.10 Å². The van der Waals surface area contributed by atoms with E-state index in [0.29, 0.717) is 12.0 Å². The first-order chi connectivity index (χ1) is 9.57. The maximum atomic E-state index is 11.2. The lowest BCUT2D eigenvalue weighted by Gasteiger charge is -2.48. The second-order valence-electron chi connectivity index (χ2n) is 6.81. The van der Waals surface area contributed by atoms with Gasteiger partial charge >= 0.3 is 5.97 Å². The Hall–Kier alpha value is -1.17. The van der Waals surface area contributed by atoms with Crippen molar-refractivity contribution in [3.05, 3.63) is 23.8 Å². The van der Waals surface area contributed by atoms with E-state index in [1.807, 2.05) is 20.8 Å². The van der Waals surface area contributed by atoms with Crippen LogP contribution >= 0.6 is 0 Å². The molecule has 0 spiro atoms. The number of hydrogen-bond donors (Lipinski definition) is 2. The summed E-state index contributed by atoms with van der Waals surface area (Å²) in [6, 6.07) is 0.